The van der Waals surface area contributed by atoms with E-state index < -0.39 is 11.9 Å². The average molecular weight is 686 g/mol. The average Bonchev–Trinajstić information content (AvgIpc) is 3.85. The van der Waals surface area contributed by atoms with Gasteiger partial charge in [-0.05, 0) is 75.4 Å². The molecule has 4 aliphatic heterocycles. The van der Waals surface area contributed by atoms with E-state index in [1.165, 1.54) is 18.3 Å². The smallest absolute Gasteiger partial charge is 0.277 e. The number of benzene rings is 1. The highest BCUT2D eigenvalue weighted by Gasteiger charge is 2.39. The molecule has 4 aromatic rings. The number of likely N-dealkylation sites (tertiary alicyclic amines) is 1. The van der Waals surface area contributed by atoms with Gasteiger partial charge in [0.15, 0.2) is 0 Å². The highest BCUT2D eigenvalue weighted by atomic mass is 16.2. The first-order chi connectivity index (χ1) is 24.8. The van der Waals surface area contributed by atoms with Gasteiger partial charge >= 0.3 is 0 Å². The van der Waals surface area contributed by atoms with Crippen LogP contribution in [0.4, 0.5) is 11.6 Å². The van der Waals surface area contributed by atoms with E-state index in [1.54, 1.807) is 23.4 Å². The Balaban J connectivity index is 0.836. The largest absolute Gasteiger partial charge is 0.357 e. The van der Waals surface area contributed by atoms with Crippen LogP contribution in [-0.4, -0.2) is 86.1 Å². The number of carbonyl (C=O) groups excluding carboxylic acids is 4. The summed E-state index contributed by atoms with van der Waals surface area (Å²) in [5.41, 5.74) is 4.54. The van der Waals surface area contributed by atoms with Crippen LogP contribution >= 0.6 is 0 Å². The number of hydrogen-bond acceptors (Lipinski definition) is 9. The van der Waals surface area contributed by atoms with E-state index in [0.29, 0.717) is 36.3 Å². The first-order valence-corrected chi connectivity index (χ1v) is 17.6. The monoisotopic (exact) mass is 685 g/mol. The molecule has 13 heteroatoms. The van der Waals surface area contributed by atoms with E-state index in [-0.39, 0.29) is 29.8 Å². The number of pyridine rings is 1. The van der Waals surface area contributed by atoms with Crippen LogP contribution in [0.15, 0.2) is 48.9 Å². The van der Waals surface area contributed by atoms with E-state index in [2.05, 4.69) is 65.3 Å². The third kappa shape index (κ3) is 6.55. The lowest BCUT2D eigenvalue weighted by atomic mass is 9.93. The lowest BCUT2D eigenvalue weighted by Crippen LogP contribution is -2.52. The van der Waals surface area contributed by atoms with Crippen molar-refractivity contribution >= 4 is 46.2 Å². The molecule has 3 aromatic heterocycles. The van der Waals surface area contributed by atoms with Gasteiger partial charge in [-0.1, -0.05) is 17.9 Å². The van der Waals surface area contributed by atoms with Crippen molar-refractivity contribution in [3.63, 3.8) is 0 Å². The molecule has 0 spiro atoms. The van der Waals surface area contributed by atoms with Crippen LogP contribution < -0.4 is 15.5 Å². The van der Waals surface area contributed by atoms with Gasteiger partial charge in [-0.25, -0.2) is 15.0 Å². The first-order valence-electron chi connectivity index (χ1n) is 17.6. The topological polar surface area (TPSA) is 157 Å². The lowest BCUT2D eigenvalue weighted by Gasteiger charge is -2.31. The first kappa shape index (κ1) is 32.6. The molecular formula is C38H39N9O4. The molecule has 7 heterocycles. The molecular weight excluding hydrogens is 646 g/mol. The molecule has 51 heavy (non-hydrogen) atoms. The van der Waals surface area contributed by atoms with Crippen molar-refractivity contribution in [2.45, 2.75) is 63.6 Å². The van der Waals surface area contributed by atoms with E-state index >= 15 is 0 Å². The number of anilines is 2. The maximum absolute atomic E-state index is 13.1. The second kappa shape index (κ2) is 13.6. The third-order valence-electron chi connectivity index (χ3n) is 10.7. The van der Waals surface area contributed by atoms with Gasteiger partial charge in [0.05, 0.1) is 17.9 Å². The maximum atomic E-state index is 13.1. The third-order valence-corrected chi connectivity index (χ3v) is 10.7. The zero-order chi connectivity index (χ0) is 35.1. The molecule has 0 aliphatic carbocycles. The van der Waals surface area contributed by atoms with Crippen LogP contribution in [0.1, 0.15) is 88.7 Å². The number of aromatic nitrogens is 4. The molecule has 3 fully saturated rings. The molecule has 1 unspecified atom stereocenters. The minimum absolute atomic E-state index is 0.195. The quantitative estimate of drug-likeness (QED) is 0.203. The second-order valence-electron chi connectivity index (χ2n) is 13.9. The molecule has 0 radical (unpaired) electrons. The number of fused-ring (bicyclic) bond motifs is 2. The molecule has 1 aromatic carbocycles. The van der Waals surface area contributed by atoms with E-state index in [0.717, 1.165) is 73.2 Å². The minimum Gasteiger partial charge on any atom is -0.357 e. The summed E-state index contributed by atoms with van der Waals surface area (Å²) in [6.07, 6.45) is 10.4. The summed E-state index contributed by atoms with van der Waals surface area (Å²) in [6.45, 7) is 3.01. The van der Waals surface area contributed by atoms with Crippen molar-refractivity contribution < 1.29 is 19.2 Å². The Morgan fingerprint density at radius 1 is 0.980 bits per heavy atom. The summed E-state index contributed by atoms with van der Waals surface area (Å²) in [5.74, 6) is 6.96. The number of nitrogens with zero attached hydrogens (tertiary/aromatic N) is 6. The van der Waals surface area contributed by atoms with Crippen LogP contribution in [0, 0.1) is 17.8 Å². The van der Waals surface area contributed by atoms with Gasteiger partial charge in [0.25, 0.3) is 11.8 Å². The van der Waals surface area contributed by atoms with Crippen molar-refractivity contribution in [1.29, 1.82) is 0 Å². The van der Waals surface area contributed by atoms with E-state index in [4.69, 9.17) is 0 Å². The van der Waals surface area contributed by atoms with Crippen molar-refractivity contribution in [2.24, 2.45) is 5.92 Å². The van der Waals surface area contributed by atoms with Gasteiger partial charge in [0.2, 0.25) is 11.8 Å². The predicted molar refractivity (Wildman–Crippen MR) is 190 cm³/mol. The Hall–Kier alpha value is -5.61. The number of aromatic amines is 1. The molecule has 0 saturated carbocycles. The number of H-pyrrole nitrogens is 1. The van der Waals surface area contributed by atoms with Crippen molar-refractivity contribution in [2.75, 3.05) is 36.9 Å². The predicted octanol–water partition coefficient (Wildman–Crippen LogP) is 3.79. The molecule has 3 N–H and O–H groups in total. The Bertz CT molecular complexity index is 2090. The molecule has 260 valence electrons. The molecule has 2 atom stereocenters. The Morgan fingerprint density at radius 2 is 1.84 bits per heavy atom. The molecule has 3 saturated heterocycles. The summed E-state index contributed by atoms with van der Waals surface area (Å²) < 4.78 is 0. The fourth-order valence-electron chi connectivity index (χ4n) is 7.74. The zero-order valence-electron chi connectivity index (χ0n) is 28.4. The van der Waals surface area contributed by atoms with Crippen LogP contribution in [0.5, 0.6) is 0 Å². The molecule has 8 rings (SSSR count). The molecule has 13 nitrogen and oxygen atoms in total. The van der Waals surface area contributed by atoms with E-state index in [1.807, 2.05) is 18.2 Å². The second-order valence-corrected chi connectivity index (χ2v) is 13.9. The minimum atomic E-state index is -0.646. The van der Waals surface area contributed by atoms with Gasteiger partial charge in [-0.3, -0.25) is 29.4 Å². The number of nitrogens with one attached hydrogen (secondary N) is 3. The van der Waals surface area contributed by atoms with E-state index in [9.17, 15) is 19.2 Å². The van der Waals surface area contributed by atoms with Crippen LogP contribution in [0.25, 0.3) is 10.9 Å². The van der Waals surface area contributed by atoms with Gasteiger partial charge in [0.1, 0.15) is 23.4 Å². The molecule has 4 amide bonds. The van der Waals surface area contributed by atoms with Gasteiger partial charge in [-0.15, -0.1) is 0 Å². The maximum Gasteiger partial charge on any atom is 0.277 e. The number of piperidine rings is 2. The summed E-state index contributed by atoms with van der Waals surface area (Å²) in [4.78, 5) is 73.1. The normalized spacial score (nSPS) is 21.1. The SMILES string of the molecule is CN1CCC[C@@H]1c1cc2cnc(NC(=O)c3cnc(N4CCC(CC#Cc5cccc6c5CN(C5CCC(=O)NC5=O)C6=O)CC4)cn3)cc2[nH]1. The summed E-state index contributed by atoms with van der Waals surface area (Å²) in [5, 5.41) is 6.22. The standard InChI is InChI=1S/C38H39N9O4/c1-45-14-4-9-31(45)29-17-25-19-40-33(18-28(25)42-29)43-36(49)30-20-41-34(21-39-30)46-15-12-23(13-16-46)5-2-6-24-7-3-8-26-27(24)22-47(38(26)51)32-10-11-35(48)44-37(32)50/h3,7-8,17-21,23,31-32,42H,4-5,9-16,22H2,1H3,(H,40,43,49)(H,44,48,50)/t31-,32?/m1/s1. The lowest BCUT2D eigenvalue weighted by molar-refractivity contribution is -0.136. The Morgan fingerprint density at radius 3 is 2.61 bits per heavy atom. The number of amides is 4. The fraction of sp³-hybridized carbons (Fsp3) is 0.395. The van der Waals surface area contributed by atoms with Gasteiger partial charge < -0.3 is 20.1 Å². The highest BCUT2D eigenvalue weighted by molar-refractivity contribution is 6.06. The fourth-order valence-corrected chi connectivity index (χ4v) is 7.74. The number of imide groups is 1. The zero-order valence-corrected chi connectivity index (χ0v) is 28.4. The summed E-state index contributed by atoms with van der Waals surface area (Å²) in [7, 11) is 2.14. The van der Waals surface area contributed by atoms with Crippen molar-refractivity contribution in [3.05, 3.63) is 77.0 Å². The van der Waals surface area contributed by atoms with Gasteiger partial charge in [0, 0.05) is 73.0 Å². The van der Waals surface area contributed by atoms with Crippen molar-refractivity contribution in [1.82, 2.24) is 35.1 Å². The Labute approximate surface area is 295 Å². The summed E-state index contributed by atoms with van der Waals surface area (Å²) >= 11 is 0. The van der Waals surface area contributed by atoms with Crippen molar-refractivity contribution in [3.8, 4) is 11.8 Å². The number of rotatable bonds is 6. The molecule has 0 bridgehead atoms. The van der Waals surface area contributed by atoms with Crippen LogP contribution in [0.3, 0.4) is 0 Å². The van der Waals surface area contributed by atoms with Crippen LogP contribution in [-0.2, 0) is 16.1 Å². The molecule has 4 aliphatic rings. The number of carbonyl (C=O) groups is 4. The number of hydrogen-bond donors (Lipinski definition) is 3. The Kier molecular flexibility index (Phi) is 8.69. The highest BCUT2D eigenvalue weighted by Crippen LogP contribution is 2.33. The van der Waals surface area contributed by atoms with Gasteiger partial charge in [-0.2, -0.15) is 0 Å². The van der Waals surface area contributed by atoms with Crippen LogP contribution in [0.2, 0.25) is 0 Å². The summed E-state index contributed by atoms with van der Waals surface area (Å²) in [6, 6.07) is 9.24.